The largest absolute Gasteiger partial charge is 0.336 e. The lowest BCUT2D eigenvalue weighted by Crippen LogP contribution is -2.37. The molecule has 2 heterocycles. The summed E-state index contributed by atoms with van der Waals surface area (Å²) < 4.78 is 2.08. The van der Waals surface area contributed by atoms with Gasteiger partial charge in [-0.1, -0.05) is 48.5 Å². The van der Waals surface area contributed by atoms with Crippen LogP contribution in [0.1, 0.15) is 41.8 Å². The highest BCUT2D eigenvalue weighted by Crippen LogP contribution is 2.28. The lowest BCUT2D eigenvalue weighted by atomic mass is 10.0. The van der Waals surface area contributed by atoms with Gasteiger partial charge in [0.2, 0.25) is 5.91 Å². The molecule has 0 N–H and O–H groups in total. The predicted octanol–water partition coefficient (Wildman–Crippen LogP) is 5.91. The van der Waals surface area contributed by atoms with Gasteiger partial charge in [0.15, 0.2) is 0 Å². The van der Waals surface area contributed by atoms with Crippen molar-refractivity contribution in [2.45, 2.75) is 53.6 Å². The molecule has 4 nitrogen and oxygen atoms in total. The molecule has 0 bridgehead atoms. The van der Waals surface area contributed by atoms with E-state index in [0.717, 1.165) is 33.7 Å². The maximum absolute atomic E-state index is 13.6. The Morgan fingerprint density at radius 1 is 0.938 bits per heavy atom. The van der Waals surface area contributed by atoms with Gasteiger partial charge in [0, 0.05) is 24.3 Å². The van der Waals surface area contributed by atoms with E-state index in [2.05, 4.69) is 75.4 Å². The van der Waals surface area contributed by atoms with Gasteiger partial charge in [0.1, 0.15) is 5.65 Å². The number of hydrogen-bond acceptors (Lipinski definition) is 2. The number of benzene rings is 2. The second kappa shape index (κ2) is 8.99. The summed E-state index contributed by atoms with van der Waals surface area (Å²) >= 11 is 0. The van der Waals surface area contributed by atoms with E-state index in [0.29, 0.717) is 13.0 Å². The fraction of sp³-hybridized carbons (Fsp3) is 0.286. The van der Waals surface area contributed by atoms with Crippen LogP contribution in [0.15, 0.2) is 66.9 Å². The number of amides is 1. The third kappa shape index (κ3) is 4.31. The van der Waals surface area contributed by atoms with Crippen molar-refractivity contribution in [2.75, 3.05) is 0 Å². The number of fused-ring (bicyclic) bond motifs is 1. The molecule has 4 rings (SSSR count). The zero-order valence-corrected chi connectivity index (χ0v) is 19.6. The number of pyridine rings is 1. The molecular formula is C28H31N3O. The minimum Gasteiger partial charge on any atom is -0.336 e. The van der Waals surface area contributed by atoms with Crippen LogP contribution in [0.25, 0.3) is 16.9 Å². The standard InChI is InChI=1S/C28H31N3O/c1-19(2)31(18-23-11-7-6-8-12-23)26(32)17-25-27(24-14-13-20(3)22(5)16-24)29-28-21(4)10-9-15-30(25)28/h6-16,19H,17-18H2,1-5H3. The van der Waals surface area contributed by atoms with Crippen LogP contribution in [-0.4, -0.2) is 26.2 Å². The zero-order valence-electron chi connectivity index (χ0n) is 19.6. The average Bonchev–Trinajstić information content (AvgIpc) is 3.14. The third-order valence-corrected chi connectivity index (χ3v) is 6.18. The van der Waals surface area contributed by atoms with Crippen molar-refractivity contribution < 1.29 is 4.79 Å². The molecule has 0 saturated heterocycles. The molecule has 4 aromatic rings. The van der Waals surface area contributed by atoms with E-state index in [1.54, 1.807) is 0 Å². The Kier molecular flexibility index (Phi) is 6.13. The van der Waals surface area contributed by atoms with Gasteiger partial charge in [-0.15, -0.1) is 0 Å². The SMILES string of the molecule is Cc1ccc(-c2nc3c(C)cccn3c2CC(=O)N(Cc2ccccc2)C(C)C)cc1C. The molecule has 164 valence electrons. The van der Waals surface area contributed by atoms with Crippen molar-refractivity contribution >= 4 is 11.6 Å². The number of carbonyl (C=O) groups is 1. The summed E-state index contributed by atoms with van der Waals surface area (Å²) in [5.74, 6) is 0.109. The minimum atomic E-state index is 0.105. The van der Waals surface area contributed by atoms with E-state index in [1.165, 1.54) is 11.1 Å². The lowest BCUT2D eigenvalue weighted by Gasteiger charge is -2.27. The van der Waals surface area contributed by atoms with Crippen LogP contribution in [0.5, 0.6) is 0 Å². The highest BCUT2D eigenvalue weighted by atomic mass is 16.2. The number of aromatic nitrogens is 2. The van der Waals surface area contributed by atoms with E-state index >= 15 is 0 Å². The Morgan fingerprint density at radius 2 is 1.69 bits per heavy atom. The van der Waals surface area contributed by atoms with E-state index in [-0.39, 0.29) is 11.9 Å². The number of hydrogen-bond donors (Lipinski definition) is 0. The van der Waals surface area contributed by atoms with Gasteiger partial charge in [-0.2, -0.15) is 0 Å². The summed E-state index contributed by atoms with van der Waals surface area (Å²) in [6, 6.07) is 20.8. The first-order valence-corrected chi connectivity index (χ1v) is 11.2. The first-order chi connectivity index (χ1) is 15.3. The highest BCUT2D eigenvalue weighted by molar-refractivity contribution is 5.82. The van der Waals surface area contributed by atoms with E-state index in [1.807, 2.05) is 35.4 Å². The summed E-state index contributed by atoms with van der Waals surface area (Å²) in [4.78, 5) is 20.5. The molecule has 1 amide bonds. The van der Waals surface area contributed by atoms with Crippen molar-refractivity contribution in [2.24, 2.45) is 0 Å². The average molecular weight is 426 g/mol. The van der Waals surface area contributed by atoms with Crippen LogP contribution in [-0.2, 0) is 17.8 Å². The van der Waals surface area contributed by atoms with Crippen LogP contribution in [0.2, 0.25) is 0 Å². The number of carbonyl (C=O) groups excluding carboxylic acids is 1. The fourth-order valence-electron chi connectivity index (χ4n) is 4.13. The van der Waals surface area contributed by atoms with Crippen LogP contribution in [0.3, 0.4) is 0 Å². The molecule has 0 aliphatic heterocycles. The molecule has 0 aliphatic carbocycles. The first kappa shape index (κ1) is 21.8. The number of rotatable bonds is 6. The monoisotopic (exact) mass is 425 g/mol. The molecule has 4 heteroatoms. The van der Waals surface area contributed by atoms with Crippen molar-refractivity contribution in [3.63, 3.8) is 0 Å². The topological polar surface area (TPSA) is 37.6 Å². The molecule has 0 unspecified atom stereocenters. The van der Waals surface area contributed by atoms with Crippen molar-refractivity contribution in [3.8, 4) is 11.3 Å². The van der Waals surface area contributed by atoms with Crippen LogP contribution < -0.4 is 0 Å². The van der Waals surface area contributed by atoms with Crippen molar-refractivity contribution in [3.05, 3.63) is 94.8 Å². The lowest BCUT2D eigenvalue weighted by molar-refractivity contribution is -0.132. The second-order valence-electron chi connectivity index (χ2n) is 8.87. The van der Waals surface area contributed by atoms with E-state index < -0.39 is 0 Å². The number of imidazole rings is 1. The van der Waals surface area contributed by atoms with Gasteiger partial charge in [-0.25, -0.2) is 4.98 Å². The van der Waals surface area contributed by atoms with Crippen molar-refractivity contribution in [1.82, 2.24) is 14.3 Å². The van der Waals surface area contributed by atoms with Crippen LogP contribution in [0.4, 0.5) is 0 Å². The van der Waals surface area contributed by atoms with Crippen molar-refractivity contribution in [1.29, 1.82) is 0 Å². The van der Waals surface area contributed by atoms with Gasteiger partial charge in [-0.3, -0.25) is 4.79 Å². The molecule has 0 aliphatic rings. The minimum absolute atomic E-state index is 0.105. The quantitative estimate of drug-likeness (QED) is 0.385. The summed E-state index contributed by atoms with van der Waals surface area (Å²) in [6.07, 6.45) is 2.32. The highest BCUT2D eigenvalue weighted by Gasteiger charge is 2.23. The normalized spacial score (nSPS) is 11.3. The Hall–Kier alpha value is -3.40. The molecule has 0 radical (unpaired) electrons. The smallest absolute Gasteiger partial charge is 0.229 e. The Morgan fingerprint density at radius 3 is 2.38 bits per heavy atom. The predicted molar refractivity (Wildman–Crippen MR) is 131 cm³/mol. The molecule has 2 aromatic heterocycles. The van der Waals surface area contributed by atoms with Crippen LogP contribution >= 0.6 is 0 Å². The third-order valence-electron chi connectivity index (χ3n) is 6.18. The Bertz CT molecular complexity index is 1250. The van der Waals surface area contributed by atoms with Gasteiger partial charge >= 0.3 is 0 Å². The first-order valence-electron chi connectivity index (χ1n) is 11.2. The molecule has 32 heavy (non-hydrogen) atoms. The van der Waals surface area contributed by atoms with Gasteiger partial charge < -0.3 is 9.30 Å². The molecule has 0 spiro atoms. The molecular weight excluding hydrogens is 394 g/mol. The number of aryl methyl sites for hydroxylation is 3. The maximum atomic E-state index is 13.6. The summed E-state index contributed by atoms with van der Waals surface area (Å²) in [6.45, 7) is 11.0. The summed E-state index contributed by atoms with van der Waals surface area (Å²) in [7, 11) is 0. The number of nitrogens with zero attached hydrogens (tertiary/aromatic N) is 3. The molecule has 0 saturated carbocycles. The summed E-state index contributed by atoms with van der Waals surface area (Å²) in [5.41, 5.74) is 8.50. The molecule has 0 fully saturated rings. The Labute approximate surface area is 190 Å². The molecule has 2 aromatic carbocycles. The van der Waals surface area contributed by atoms with Gasteiger partial charge in [-0.05, 0) is 69.0 Å². The zero-order chi connectivity index (χ0) is 22.8. The van der Waals surface area contributed by atoms with Gasteiger partial charge in [0.05, 0.1) is 17.8 Å². The van der Waals surface area contributed by atoms with E-state index in [4.69, 9.17) is 4.98 Å². The van der Waals surface area contributed by atoms with Crippen LogP contribution in [0, 0.1) is 20.8 Å². The van der Waals surface area contributed by atoms with Gasteiger partial charge in [0.25, 0.3) is 0 Å². The van der Waals surface area contributed by atoms with E-state index in [9.17, 15) is 4.79 Å². The Balaban J connectivity index is 1.76. The second-order valence-corrected chi connectivity index (χ2v) is 8.87. The molecule has 0 atom stereocenters. The fourth-order valence-corrected chi connectivity index (χ4v) is 4.13. The summed E-state index contributed by atoms with van der Waals surface area (Å²) in [5, 5.41) is 0. The maximum Gasteiger partial charge on any atom is 0.229 e.